The molecular weight excluding hydrogens is 182 g/mol. The van der Waals surface area contributed by atoms with E-state index in [1.165, 1.54) is 16.3 Å². The summed E-state index contributed by atoms with van der Waals surface area (Å²) in [5.41, 5.74) is 10.6. The molecule has 0 amide bonds. The first-order valence-electron chi connectivity index (χ1n) is 5.22. The van der Waals surface area contributed by atoms with Gasteiger partial charge >= 0.3 is 0 Å². The summed E-state index contributed by atoms with van der Waals surface area (Å²) in [6, 6.07) is 8.64. The van der Waals surface area contributed by atoms with E-state index in [0.29, 0.717) is 0 Å². The Bertz CT molecular complexity index is 512. The molecule has 2 rings (SSSR count). The molecule has 78 valence electrons. The highest BCUT2D eigenvalue weighted by Crippen LogP contribution is 2.29. The van der Waals surface area contributed by atoms with Crippen LogP contribution < -0.4 is 5.73 Å². The lowest BCUT2D eigenvalue weighted by Crippen LogP contribution is -1.96. The van der Waals surface area contributed by atoms with Gasteiger partial charge in [0.15, 0.2) is 0 Å². The Kier molecular flexibility index (Phi) is 2.31. The van der Waals surface area contributed by atoms with Gasteiger partial charge in [-0.05, 0) is 13.8 Å². The Balaban J connectivity index is 2.88. The van der Waals surface area contributed by atoms with Gasteiger partial charge in [-0.15, -0.1) is 11.5 Å². The molecule has 0 spiro atoms. The normalized spacial score (nSPS) is 10.6. The van der Waals surface area contributed by atoms with Crippen molar-refractivity contribution < 1.29 is 0 Å². The van der Waals surface area contributed by atoms with Crippen molar-refractivity contribution in [2.75, 3.05) is 5.73 Å². The molecule has 1 heteroatoms. The molecule has 1 nitrogen and oxygen atoms in total. The number of rotatable bonds is 1. The van der Waals surface area contributed by atoms with Gasteiger partial charge in [-0.3, -0.25) is 0 Å². The van der Waals surface area contributed by atoms with Crippen LogP contribution >= 0.6 is 0 Å². The number of nitrogen functional groups attached to an aromatic ring is 1. The minimum absolute atomic E-state index is 0.897. The zero-order valence-corrected chi connectivity index (χ0v) is 9.46. The highest BCUT2D eigenvalue weighted by Gasteiger charge is 1.98. The van der Waals surface area contributed by atoms with Gasteiger partial charge in [0.1, 0.15) is 0 Å². The third kappa shape index (κ3) is 1.54. The largest absolute Gasteiger partial charge is 0.449 e. The van der Waals surface area contributed by atoms with Crippen LogP contribution in [0.4, 0.5) is 5.69 Å². The third-order valence-electron chi connectivity index (χ3n) is 2.87. The van der Waals surface area contributed by atoms with Gasteiger partial charge in [0.25, 0.3) is 0 Å². The van der Waals surface area contributed by atoms with Crippen LogP contribution in [-0.2, 0) is 0 Å². The van der Waals surface area contributed by atoms with Gasteiger partial charge in [0, 0.05) is 0 Å². The lowest BCUT2D eigenvalue weighted by atomic mass is 9.96. The summed E-state index contributed by atoms with van der Waals surface area (Å²) in [4.78, 5) is 0. The first-order valence-corrected chi connectivity index (χ1v) is 5.22. The van der Waals surface area contributed by atoms with E-state index in [-0.39, 0.29) is 0 Å². The number of hydrogen-bond acceptors (Lipinski definition) is 1. The van der Waals surface area contributed by atoms with E-state index < -0.39 is 0 Å². The lowest BCUT2D eigenvalue weighted by Gasteiger charge is -2.20. The van der Waals surface area contributed by atoms with Crippen molar-refractivity contribution in [1.29, 1.82) is 0 Å². The molecule has 0 saturated carbocycles. The van der Waals surface area contributed by atoms with Crippen molar-refractivity contribution in [2.24, 2.45) is 0 Å². The van der Waals surface area contributed by atoms with E-state index in [0.717, 1.165) is 16.8 Å². The highest BCUT2D eigenvalue weighted by molar-refractivity contribution is 5.92. The second kappa shape index (κ2) is 3.50. The van der Waals surface area contributed by atoms with Crippen molar-refractivity contribution in [3.63, 3.8) is 0 Å². The average molecular weight is 198 g/mol. The minimum atomic E-state index is 0.897. The zero-order valence-electron chi connectivity index (χ0n) is 9.46. The SMILES string of the molecule is C[CH-]c1c(N)c(C)cc2cc(C)ccc12. The number of hydrogen-bond donors (Lipinski definition) is 1. The van der Waals surface area contributed by atoms with Gasteiger partial charge in [-0.2, -0.15) is 12.0 Å². The van der Waals surface area contributed by atoms with Gasteiger partial charge in [-0.25, -0.2) is 0 Å². The maximum absolute atomic E-state index is 6.07. The summed E-state index contributed by atoms with van der Waals surface area (Å²) >= 11 is 0. The fourth-order valence-electron chi connectivity index (χ4n) is 2.03. The maximum atomic E-state index is 6.07. The second-order valence-electron chi connectivity index (χ2n) is 4.03. The van der Waals surface area contributed by atoms with E-state index in [4.69, 9.17) is 5.73 Å². The quantitative estimate of drug-likeness (QED) is 0.549. The number of anilines is 1. The fourth-order valence-corrected chi connectivity index (χ4v) is 2.03. The molecule has 0 aromatic heterocycles. The molecule has 0 fully saturated rings. The van der Waals surface area contributed by atoms with E-state index >= 15 is 0 Å². The Morgan fingerprint density at radius 2 is 1.87 bits per heavy atom. The van der Waals surface area contributed by atoms with Crippen LogP contribution in [0.3, 0.4) is 0 Å². The van der Waals surface area contributed by atoms with E-state index in [2.05, 4.69) is 44.5 Å². The van der Waals surface area contributed by atoms with Crippen molar-refractivity contribution in [2.45, 2.75) is 20.8 Å². The van der Waals surface area contributed by atoms with Gasteiger partial charge in [0.05, 0.1) is 0 Å². The summed E-state index contributed by atoms with van der Waals surface area (Å²) in [7, 11) is 0. The zero-order chi connectivity index (χ0) is 11.0. The van der Waals surface area contributed by atoms with Crippen molar-refractivity contribution in [1.82, 2.24) is 0 Å². The minimum Gasteiger partial charge on any atom is -0.449 e. The monoisotopic (exact) mass is 198 g/mol. The Hall–Kier alpha value is -1.63. The van der Waals surface area contributed by atoms with E-state index in [9.17, 15) is 0 Å². The molecule has 0 saturated heterocycles. The molecule has 0 radical (unpaired) electrons. The molecule has 2 aromatic carbocycles. The molecule has 0 heterocycles. The number of fused-ring (bicyclic) bond motifs is 1. The Morgan fingerprint density at radius 3 is 2.53 bits per heavy atom. The third-order valence-corrected chi connectivity index (χ3v) is 2.87. The highest BCUT2D eigenvalue weighted by atomic mass is 14.6. The summed E-state index contributed by atoms with van der Waals surface area (Å²) in [5, 5.41) is 2.51. The maximum Gasteiger partial charge on any atom is -0.0398 e. The van der Waals surface area contributed by atoms with Gasteiger partial charge < -0.3 is 5.73 Å². The van der Waals surface area contributed by atoms with Crippen LogP contribution in [0.5, 0.6) is 0 Å². The predicted octanol–water partition coefficient (Wildman–Crippen LogP) is 3.61. The van der Waals surface area contributed by atoms with Crippen molar-refractivity contribution >= 4 is 16.5 Å². The number of benzene rings is 2. The summed E-state index contributed by atoms with van der Waals surface area (Å²) < 4.78 is 0. The van der Waals surface area contributed by atoms with Crippen LogP contribution in [0.15, 0.2) is 24.3 Å². The van der Waals surface area contributed by atoms with Crippen LogP contribution in [0.2, 0.25) is 0 Å². The van der Waals surface area contributed by atoms with Crippen LogP contribution in [-0.4, -0.2) is 0 Å². The molecule has 0 aliphatic rings. The lowest BCUT2D eigenvalue weighted by molar-refractivity contribution is 1.40. The summed E-state index contributed by atoms with van der Waals surface area (Å²) in [6.07, 6.45) is 2.08. The van der Waals surface area contributed by atoms with Gasteiger partial charge in [0.2, 0.25) is 0 Å². The number of nitrogens with two attached hydrogens (primary N) is 1. The molecule has 2 N–H and O–H groups in total. The average Bonchev–Trinajstić information content (AvgIpc) is 2.20. The molecule has 0 aliphatic heterocycles. The number of aryl methyl sites for hydroxylation is 2. The smallest absolute Gasteiger partial charge is 0.0398 e. The fraction of sp³-hybridized carbons (Fsp3) is 0.214. The second-order valence-corrected chi connectivity index (χ2v) is 4.03. The topological polar surface area (TPSA) is 26.0 Å². The van der Waals surface area contributed by atoms with E-state index in [1.807, 2.05) is 6.92 Å². The Labute approximate surface area is 90.9 Å². The van der Waals surface area contributed by atoms with Crippen molar-refractivity contribution in [3.8, 4) is 0 Å². The molecular formula is C14H16N-. The molecule has 0 bridgehead atoms. The van der Waals surface area contributed by atoms with Crippen molar-refractivity contribution in [3.05, 3.63) is 47.4 Å². The summed E-state index contributed by atoms with van der Waals surface area (Å²) in [5.74, 6) is 0. The first kappa shape index (κ1) is 9.91. The van der Waals surface area contributed by atoms with Crippen LogP contribution in [0.1, 0.15) is 23.6 Å². The summed E-state index contributed by atoms with van der Waals surface area (Å²) in [6.45, 7) is 6.20. The molecule has 0 aliphatic carbocycles. The van der Waals surface area contributed by atoms with E-state index in [1.54, 1.807) is 0 Å². The molecule has 0 unspecified atom stereocenters. The molecule has 2 aromatic rings. The molecule has 15 heavy (non-hydrogen) atoms. The van der Waals surface area contributed by atoms with Gasteiger partial charge in [-0.1, -0.05) is 47.3 Å². The first-order chi connectivity index (χ1) is 7.13. The standard InChI is InChI=1S/C14H16N/c1-4-12-13-6-5-9(2)7-11(13)8-10(3)14(12)15/h4-8H,15H2,1-3H3/q-1. The predicted molar refractivity (Wildman–Crippen MR) is 66.9 cm³/mol. The molecule has 0 atom stereocenters. The Morgan fingerprint density at radius 1 is 1.13 bits per heavy atom. The van der Waals surface area contributed by atoms with Crippen LogP contribution in [0.25, 0.3) is 10.8 Å². The van der Waals surface area contributed by atoms with Crippen LogP contribution in [0, 0.1) is 20.3 Å².